The van der Waals surface area contributed by atoms with Crippen molar-refractivity contribution in [3.05, 3.63) is 29.8 Å². The fraction of sp³-hybridized carbons (Fsp3) is 0.600. The van der Waals surface area contributed by atoms with E-state index >= 15 is 0 Å². The van der Waals surface area contributed by atoms with Crippen molar-refractivity contribution in [1.82, 2.24) is 0 Å². The number of rotatable bonds is 4. The van der Waals surface area contributed by atoms with E-state index in [1.54, 1.807) is 7.11 Å². The molecule has 1 aliphatic rings. The van der Waals surface area contributed by atoms with E-state index in [2.05, 4.69) is 43.9 Å². The highest BCUT2D eigenvalue weighted by atomic mass is 32.2. The molecule has 1 fully saturated rings. The van der Waals surface area contributed by atoms with E-state index in [9.17, 15) is 0 Å². The maximum atomic E-state index is 5.73. The first kappa shape index (κ1) is 14.9. The Bertz CT molecular complexity index is 400. The Morgan fingerprint density at radius 2 is 1.95 bits per heavy atom. The first-order valence-corrected chi connectivity index (χ1v) is 12.2. The second-order valence-electron chi connectivity index (χ2n) is 6.28. The highest BCUT2D eigenvalue weighted by Crippen LogP contribution is 2.31. The summed E-state index contributed by atoms with van der Waals surface area (Å²) in [5, 5.41) is 2.01. The third-order valence-corrected chi connectivity index (χ3v) is 10.1. The quantitative estimate of drug-likeness (QED) is 0.627. The van der Waals surface area contributed by atoms with Gasteiger partial charge in [0.25, 0.3) is 0 Å². The van der Waals surface area contributed by atoms with Gasteiger partial charge < -0.3 is 9.47 Å². The number of hydrogen-bond donors (Lipinski definition) is 0. The molecule has 0 aliphatic carbocycles. The van der Waals surface area contributed by atoms with Crippen molar-refractivity contribution in [3.8, 4) is 5.75 Å². The minimum atomic E-state index is -1.00. The Kier molecular flexibility index (Phi) is 4.98. The molecule has 0 bridgehead atoms. The summed E-state index contributed by atoms with van der Waals surface area (Å²) >= 11 is 0. The van der Waals surface area contributed by atoms with E-state index < -0.39 is 8.07 Å². The molecule has 1 saturated heterocycles. The van der Waals surface area contributed by atoms with E-state index in [1.165, 1.54) is 16.7 Å². The summed E-state index contributed by atoms with van der Waals surface area (Å²) in [6.45, 7) is 9.25. The first-order valence-electron chi connectivity index (χ1n) is 6.87. The molecular weight excluding hydrogens is 272 g/mol. The lowest BCUT2D eigenvalue weighted by Crippen LogP contribution is -2.41. The predicted octanol–water partition coefficient (Wildman–Crippen LogP) is 3.26. The fourth-order valence-electron chi connectivity index (χ4n) is 2.43. The van der Waals surface area contributed by atoms with E-state index in [0.29, 0.717) is 16.1 Å². The van der Waals surface area contributed by atoms with Gasteiger partial charge in [-0.2, -0.15) is 0 Å². The highest BCUT2D eigenvalue weighted by Gasteiger charge is 2.39. The lowest BCUT2D eigenvalue weighted by atomic mass is 10.1. The molecule has 1 aromatic rings. The summed E-state index contributed by atoms with van der Waals surface area (Å²) in [5.41, 5.74) is 1.42. The lowest BCUT2D eigenvalue weighted by molar-refractivity contribution is 0.142. The third kappa shape index (κ3) is 4.26. The van der Waals surface area contributed by atoms with Crippen LogP contribution in [-0.2, 0) is 15.6 Å². The number of ether oxygens (including phenoxy) is 2. The molecule has 1 heterocycles. The van der Waals surface area contributed by atoms with Crippen LogP contribution in [0.5, 0.6) is 5.75 Å². The molecule has 0 radical (unpaired) electrons. The Hall–Kier alpha value is -0.453. The second kappa shape index (κ2) is 6.33. The van der Waals surface area contributed by atoms with Crippen molar-refractivity contribution < 1.29 is 9.47 Å². The smallest absolute Gasteiger partial charge is 0.166 e. The average molecular weight is 298 g/mol. The van der Waals surface area contributed by atoms with Gasteiger partial charge in [0.1, 0.15) is 19.6 Å². The molecular formula is C15H25O2SSi+. The van der Waals surface area contributed by atoms with Crippen molar-refractivity contribution >= 4 is 19.0 Å². The van der Waals surface area contributed by atoms with Crippen LogP contribution in [0.1, 0.15) is 10.8 Å². The third-order valence-electron chi connectivity index (χ3n) is 3.27. The number of benzene rings is 1. The van der Waals surface area contributed by atoms with Crippen LogP contribution in [0.2, 0.25) is 19.6 Å². The van der Waals surface area contributed by atoms with Gasteiger partial charge in [0.05, 0.1) is 25.7 Å². The van der Waals surface area contributed by atoms with Gasteiger partial charge in [-0.05, 0) is 23.0 Å². The minimum Gasteiger partial charge on any atom is -0.497 e. The molecule has 106 valence electrons. The van der Waals surface area contributed by atoms with Crippen LogP contribution in [0.15, 0.2) is 24.3 Å². The zero-order chi connectivity index (χ0) is 13.9. The lowest BCUT2D eigenvalue weighted by Gasteiger charge is -2.28. The van der Waals surface area contributed by atoms with E-state index in [-0.39, 0.29) is 0 Å². The molecule has 2 nitrogen and oxygen atoms in total. The monoisotopic (exact) mass is 297 g/mol. The van der Waals surface area contributed by atoms with Gasteiger partial charge in [0.2, 0.25) is 0 Å². The van der Waals surface area contributed by atoms with Gasteiger partial charge in [-0.15, -0.1) is 0 Å². The van der Waals surface area contributed by atoms with Crippen LogP contribution in [0.4, 0.5) is 0 Å². The van der Waals surface area contributed by atoms with Crippen LogP contribution in [-0.4, -0.2) is 39.5 Å². The molecule has 0 saturated carbocycles. The van der Waals surface area contributed by atoms with Crippen LogP contribution in [0.3, 0.4) is 0 Å². The largest absolute Gasteiger partial charge is 0.497 e. The van der Waals surface area contributed by atoms with Gasteiger partial charge in [-0.25, -0.2) is 0 Å². The van der Waals surface area contributed by atoms with E-state index in [0.717, 1.165) is 19.0 Å². The molecule has 19 heavy (non-hydrogen) atoms. The average Bonchev–Trinajstić information content (AvgIpc) is 2.38. The zero-order valence-corrected chi connectivity index (χ0v) is 14.3. The van der Waals surface area contributed by atoms with Gasteiger partial charge >= 0.3 is 0 Å². The van der Waals surface area contributed by atoms with Gasteiger partial charge in [-0.3, -0.25) is 0 Å². The van der Waals surface area contributed by atoms with Crippen molar-refractivity contribution in [3.63, 3.8) is 0 Å². The Labute approximate surface area is 120 Å². The molecule has 4 heteroatoms. The van der Waals surface area contributed by atoms with Gasteiger partial charge in [0, 0.05) is 5.56 Å². The van der Waals surface area contributed by atoms with Crippen molar-refractivity contribution in [2.45, 2.75) is 24.9 Å². The Balaban J connectivity index is 2.13. The maximum Gasteiger partial charge on any atom is 0.166 e. The molecule has 0 spiro atoms. The summed E-state index contributed by atoms with van der Waals surface area (Å²) in [5.74, 6) is 2.17. The molecule has 0 amide bonds. The highest BCUT2D eigenvalue weighted by molar-refractivity contribution is 7.98. The molecule has 2 rings (SSSR count). The summed E-state index contributed by atoms with van der Waals surface area (Å²) in [4.78, 5) is 0. The van der Waals surface area contributed by atoms with Crippen LogP contribution in [0.25, 0.3) is 0 Å². The van der Waals surface area contributed by atoms with Crippen LogP contribution < -0.4 is 4.74 Å². The van der Waals surface area contributed by atoms with Gasteiger partial charge in [0.15, 0.2) is 5.25 Å². The number of methoxy groups -OCH3 is 1. The minimum absolute atomic E-state index is 0.484. The normalized spacial score (nSPS) is 24.2. The first-order chi connectivity index (χ1) is 8.99. The van der Waals surface area contributed by atoms with Crippen LogP contribution in [0, 0.1) is 0 Å². The Morgan fingerprint density at radius 3 is 2.53 bits per heavy atom. The molecule has 0 aromatic heterocycles. The summed E-state index contributed by atoms with van der Waals surface area (Å²) in [6, 6.07) is 8.56. The molecule has 1 aromatic carbocycles. The van der Waals surface area contributed by atoms with E-state index in [1.807, 2.05) is 0 Å². The van der Waals surface area contributed by atoms with Gasteiger partial charge in [-0.1, -0.05) is 31.8 Å². The van der Waals surface area contributed by atoms with Crippen molar-refractivity contribution in [2.75, 3.05) is 31.5 Å². The number of hydrogen-bond acceptors (Lipinski definition) is 2. The molecule has 0 N–H and O–H groups in total. The topological polar surface area (TPSA) is 18.5 Å². The predicted molar refractivity (Wildman–Crippen MR) is 87.0 cm³/mol. The zero-order valence-electron chi connectivity index (χ0n) is 12.4. The van der Waals surface area contributed by atoms with E-state index in [4.69, 9.17) is 9.47 Å². The van der Waals surface area contributed by atoms with Crippen molar-refractivity contribution in [2.24, 2.45) is 0 Å². The van der Waals surface area contributed by atoms with Crippen molar-refractivity contribution in [1.29, 1.82) is 0 Å². The molecule has 1 aliphatic heterocycles. The maximum absolute atomic E-state index is 5.73. The fourth-order valence-corrected chi connectivity index (χ4v) is 9.71. The molecule has 2 unspecified atom stereocenters. The Morgan fingerprint density at radius 1 is 1.26 bits per heavy atom. The second-order valence-corrected chi connectivity index (χ2v) is 14.6. The summed E-state index contributed by atoms with van der Waals surface area (Å²) in [6.07, 6.45) is 0. The summed E-state index contributed by atoms with van der Waals surface area (Å²) in [7, 11) is 1.20. The molecule has 2 atom stereocenters. The van der Waals surface area contributed by atoms with Crippen LogP contribution >= 0.6 is 0 Å². The summed E-state index contributed by atoms with van der Waals surface area (Å²) < 4.78 is 11.0. The SMILES string of the molecule is COc1ccc(C2COCC[S+]2C[Si](C)(C)C)cc1. The standard InChI is InChI=1S/C15H25O2SSi/c1-16-14-7-5-13(6-8-14)15-11-17-9-10-18(15)12-19(2,3)4/h5-8,15H,9-12H2,1-4H3/q+1.